The van der Waals surface area contributed by atoms with Gasteiger partial charge in [0.1, 0.15) is 22.3 Å². The van der Waals surface area contributed by atoms with E-state index >= 15 is 0 Å². The van der Waals surface area contributed by atoms with Crippen LogP contribution < -0.4 is 4.90 Å². The third-order valence-corrected chi connectivity index (χ3v) is 12.2. The second kappa shape index (κ2) is 11.3. The van der Waals surface area contributed by atoms with Gasteiger partial charge in [-0.25, -0.2) is 0 Å². The number of rotatable bonds is 4. The summed E-state index contributed by atoms with van der Waals surface area (Å²) in [5.41, 5.74) is 9.20. The van der Waals surface area contributed by atoms with Crippen molar-refractivity contribution in [1.82, 2.24) is 0 Å². The standard InChI is InChI=1S/C50H29NO2S/c1-3-11-36-30(8-1)10-7-14-37(36)32-16-19-33(20-17-32)51(35-21-24-40-39-13-5-6-15-43(39)52-45(40)29-35)34-22-26-46-42(28-34)49-47(54-46)27-25-44-48(49)41-23-18-31-9-2-4-12-38(31)50(41)53-44/h1-29H. The molecule has 0 unspecified atom stereocenters. The molecule has 0 atom stereocenters. The van der Waals surface area contributed by atoms with Crippen molar-refractivity contribution in [2.75, 3.05) is 4.90 Å². The first-order valence-corrected chi connectivity index (χ1v) is 19.1. The van der Waals surface area contributed by atoms with Crippen LogP contribution in [-0.4, -0.2) is 0 Å². The van der Waals surface area contributed by atoms with Crippen LogP contribution in [0.25, 0.3) is 96.7 Å². The zero-order chi connectivity index (χ0) is 35.3. The lowest BCUT2D eigenvalue weighted by molar-refractivity contribution is 0.669. The van der Waals surface area contributed by atoms with E-state index in [9.17, 15) is 0 Å². The lowest BCUT2D eigenvalue weighted by Crippen LogP contribution is -2.09. The molecule has 0 spiro atoms. The maximum absolute atomic E-state index is 6.63. The fraction of sp³-hybridized carbons (Fsp3) is 0. The minimum atomic E-state index is 0.868. The van der Waals surface area contributed by atoms with Crippen molar-refractivity contribution in [3.63, 3.8) is 0 Å². The highest BCUT2D eigenvalue weighted by molar-refractivity contribution is 7.26. The second-order valence-electron chi connectivity index (χ2n) is 14.0. The zero-order valence-electron chi connectivity index (χ0n) is 28.9. The molecule has 12 aromatic rings. The average molecular weight is 708 g/mol. The lowest BCUT2D eigenvalue weighted by Gasteiger charge is -2.26. The number of hydrogen-bond acceptors (Lipinski definition) is 4. The molecular formula is C50H29NO2S. The molecule has 252 valence electrons. The SMILES string of the molecule is c1ccc2c(-c3ccc(N(c4ccc5c(c4)oc4ccccc45)c4ccc5sc6ccc7oc8c9ccccc9ccc8c7c6c5c4)cc3)cccc2c1. The number of thiophene rings is 1. The van der Waals surface area contributed by atoms with Crippen LogP contribution in [0.1, 0.15) is 0 Å². The summed E-state index contributed by atoms with van der Waals surface area (Å²) in [6.07, 6.45) is 0. The first-order valence-electron chi connectivity index (χ1n) is 18.2. The van der Waals surface area contributed by atoms with Crippen LogP contribution in [0.15, 0.2) is 185 Å². The summed E-state index contributed by atoms with van der Waals surface area (Å²) in [5.74, 6) is 0. The van der Waals surface area contributed by atoms with Gasteiger partial charge < -0.3 is 13.7 Å². The predicted molar refractivity (Wildman–Crippen MR) is 229 cm³/mol. The Kier molecular flexibility index (Phi) is 6.21. The van der Waals surface area contributed by atoms with Crippen LogP contribution in [-0.2, 0) is 0 Å². The van der Waals surface area contributed by atoms with E-state index in [1.807, 2.05) is 23.5 Å². The Balaban J connectivity index is 1.08. The maximum Gasteiger partial charge on any atom is 0.143 e. The summed E-state index contributed by atoms with van der Waals surface area (Å²) >= 11 is 1.83. The molecule has 0 aliphatic heterocycles. The van der Waals surface area contributed by atoms with Crippen molar-refractivity contribution in [2.24, 2.45) is 0 Å². The minimum Gasteiger partial charge on any atom is -0.456 e. The molecule has 0 radical (unpaired) electrons. The van der Waals surface area contributed by atoms with Gasteiger partial charge in [0, 0.05) is 70.2 Å². The van der Waals surface area contributed by atoms with Gasteiger partial charge in [0.15, 0.2) is 0 Å². The summed E-state index contributed by atoms with van der Waals surface area (Å²) in [5, 5.41) is 11.8. The third kappa shape index (κ3) is 4.35. The van der Waals surface area contributed by atoms with Crippen molar-refractivity contribution in [3.8, 4) is 11.1 Å². The highest BCUT2D eigenvalue weighted by atomic mass is 32.1. The molecule has 54 heavy (non-hydrogen) atoms. The molecule has 3 nitrogen and oxygen atoms in total. The number of fused-ring (bicyclic) bond motifs is 13. The van der Waals surface area contributed by atoms with E-state index in [0.717, 1.165) is 60.9 Å². The summed E-state index contributed by atoms with van der Waals surface area (Å²) < 4.78 is 15.6. The predicted octanol–water partition coefficient (Wildman–Crippen LogP) is 15.3. The van der Waals surface area contributed by atoms with Gasteiger partial charge in [-0.3, -0.25) is 0 Å². The van der Waals surface area contributed by atoms with Crippen LogP contribution in [0.5, 0.6) is 0 Å². The molecule has 0 saturated heterocycles. The van der Waals surface area contributed by atoms with Crippen molar-refractivity contribution in [2.45, 2.75) is 0 Å². The van der Waals surface area contributed by atoms with E-state index in [0.29, 0.717) is 0 Å². The fourth-order valence-electron chi connectivity index (χ4n) is 8.56. The van der Waals surface area contributed by atoms with Crippen LogP contribution in [0.2, 0.25) is 0 Å². The first kappa shape index (κ1) is 29.7. The van der Waals surface area contributed by atoms with E-state index in [-0.39, 0.29) is 0 Å². The molecule has 0 bridgehead atoms. The Hall–Kier alpha value is -6.88. The number of para-hydroxylation sites is 1. The van der Waals surface area contributed by atoms with Gasteiger partial charge in [0.2, 0.25) is 0 Å². The van der Waals surface area contributed by atoms with Crippen molar-refractivity contribution in [1.29, 1.82) is 0 Å². The van der Waals surface area contributed by atoms with Crippen LogP contribution >= 0.6 is 11.3 Å². The van der Waals surface area contributed by atoms with Crippen molar-refractivity contribution < 1.29 is 8.83 Å². The molecular weight excluding hydrogens is 679 g/mol. The Morgan fingerprint density at radius 1 is 0.370 bits per heavy atom. The Bertz CT molecular complexity index is 3450. The van der Waals surface area contributed by atoms with E-state index in [1.165, 1.54) is 52.8 Å². The molecule has 0 aliphatic rings. The molecule has 0 fully saturated rings. The fourth-order valence-corrected chi connectivity index (χ4v) is 9.65. The molecule has 4 heteroatoms. The Morgan fingerprint density at radius 2 is 1.04 bits per heavy atom. The maximum atomic E-state index is 6.63. The van der Waals surface area contributed by atoms with Crippen LogP contribution in [0, 0.1) is 0 Å². The summed E-state index contributed by atoms with van der Waals surface area (Å²) in [6, 6.07) is 63.1. The molecule has 12 rings (SSSR count). The number of benzene rings is 9. The first-order chi connectivity index (χ1) is 26.7. The molecule has 9 aromatic carbocycles. The van der Waals surface area contributed by atoms with Crippen molar-refractivity contribution >= 4 is 114 Å². The average Bonchev–Trinajstić information content (AvgIpc) is 3.92. The highest BCUT2D eigenvalue weighted by Crippen LogP contribution is 2.47. The van der Waals surface area contributed by atoms with E-state index in [1.54, 1.807) is 0 Å². The largest absolute Gasteiger partial charge is 0.456 e. The van der Waals surface area contributed by atoms with E-state index in [4.69, 9.17) is 8.83 Å². The summed E-state index contributed by atoms with van der Waals surface area (Å²) in [4.78, 5) is 2.35. The number of furan rings is 2. The molecule has 0 aliphatic carbocycles. The molecule has 3 aromatic heterocycles. The Morgan fingerprint density at radius 3 is 1.93 bits per heavy atom. The van der Waals surface area contributed by atoms with Gasteiger partial charge in [-0.15, -0.1) is 11.3 Å². The van der Waals surface area contributed by atoms with E-state index in [2.05, 4.69) is 169 Å². The lowest BCUT2D eigenvalue weighted by atomic mass is 9.98. The quantitative estimate of drug-likeness (QED) is 0.182. The minimum absolute atomic E-state index is 0.868. The molecule has 0 saturated carbocycles. The second-order valence-corrected chi connectivity index (χ2v) is 15.1. The summed E-state index contributed by atoms with van der Waals surface area (Å²) in [6.45, 7) is 0. The van der Waals surface area contributed by atoms with Crippen molar-refractivity contribution in [3.05, 3.63) is 176 Å². The van der Waals surface area contributed by atoms with Crippen LogP contribution in [0.4, 0.5) is 17.1 Å². The highest BCUT2D eigenvalue weighted by Gasteiger charge is 2.20. The van der Waals surface area contributed by atoms with Gasteiger partial charge >= 0.3 is 0 Å². The normalized spacial score (nSPS) is 12.1. The number of anilines is 3. The van der Waals surface area contributed by atoms with E-state index < -0.39 is 0 Å². The smallest absolute Gasteiger partial charge is 0.143 e. The number of hydrogen-bond donors (Lipinski definition) is 0. The third-order valence-electron chi connectivity index (χ3n) is 11.0. The summed E-state index contributed by atoms with van der Waals surface area (Å²) in [7, 11) is 0. The molecule has 0 amide bonds. The monoisotopic (exact) mass is 707 g/mol. The van der Waals surface area contributed by atoms with Gasteiger partial charge in [-0.05, 0) is 94.0 Å². The molecule has 0 N–H and O–H groups in total. The van der Waals surface area contributed by atoms with Gasteiger partial charge in [-0.2, -0.15) is 0 Å². The zero-order valence-corrected chi connectivity index (χ0v) is 29.7. The topological polar surface area (TPSA) is 29.5 Å². The Labute approximate surface area is 313 Å². The van der Waals surface area contributed by atoms with Gasteiger partial charge in [0.05, 0.1) is 0 Å². The van der Waals surface area contributed by atoms with Crippen LogP contribution in [0.3, 0.4) is 0 Å². The van der Waals surface area contributed by atoms with Gasteiger partial charge in [-0.1, -0.05) is 103 Å². The van der Waals surface area contributed by atoms with Gasteiger partial charge in [0.25, 0.3) is 0 Å². The number of nitrogens with zero attached hydrogens (tertiary/aromatic N) is 1. The molecule has 3 heterocycles.